The quantitative estimate of drug-likeness (QED) is 0.804. The van der Waals surface area contributed by atoms with Gasteiger partial charge in [-0.05, 0) is 42.8 Å². The molecule has 0 fully saturated rings. The van der Waals surface area contributed by atoms with Gasteiger partial charge in [0, 0.05) is 18.6 Å². The van der Waals surface area contributed by atoms with Crippen LogP contribution in [0.15, 0.2) is 48.5 Å². The van der Waals surface area contributed by atoms with Crippen molar-refractivity contribution in [2.45, 2.75) is 12.5 Å². The summed E-state index contributed by atoms with van der Waals surface area (Å²) in [4.78, 5) is 14.1. The molecule has 0 saturated carbocycles. The number of carbonyl (C=O) groups is 1. The zero-order valence-electron chi connectivity index (χ0n) is 14.1. The van der Waals surface area contributed by atoms with E-state index in [0.717, 1.165) is 30.2 Å². The number of hydrogen-bond donors (Lipinski definition) is 1. The zero-order chi connectivity index (χ0) is 17.6. The number of hydrogen-bond acceptors (Lipinski definition) is 4. The summed E-state index contributed by atoms with van der Waals surface area (Å²) in [5.41, 5.74) is 1.01. The van der Waals surface area contributed by atoms with Crippen LogP contribution < -0.4 is 19.7 Å². The molecule has 1 aliphatic heterocycles. The van der Waals surface area contributed by atoms with Crippen molar-refractivity contribution in [2.75, 3.05) is 31.6 Å². The second kappa shape index (κ2) is 8.12. The summed E-state index contributed by atoms with van der Waals surface area (Å²) in [6, 6.07) is 15.1. The minimum Gasteiger partial charge on any atom is -0.494 e. The number of anilines is 1. The third-order valence-corrected chi connectivity index (χ3v) is 4.31. The molecule has 0 unspecified atom stereocenters. The summed E-state index contributed by atoms with van der Waals surface area (Å²) in [5.74, 6) is 1.42. The Kier molecular flexibility index (Phi) is 5.66. The Hall–Kier alpha value is -2.40. The largest absolute Gasteiger partial charge is 0.494 e. The van der Waals surface area contributed by atoms with Gasteiger partial charge in [0.05, 0.1) is 18.8 Å². The van der Waals surface area contributed by atoms with Crippen LogP contribution in [0.4, 0.5) is 5.69 Å². The lowest BCUT2D eigenvalue weighted by Crippen LogP contribution is -2.48. The smallest absolute Gasteiger partial charge is 0.262 e. The van der Waals surface area contributed by atoms with Gasteiger partial charge < -0.3 is 19.7 Å². The first-order valence-electron chi connectivity index (χ1n) is 8.28. The van der Waals surface area contributed by atoms with Crippen LogP contribution in [0.5, 0.6) is 11.5 Å². The normalized spacial score (nSPS) is 15.9. The fourth-order valence-corrected chi connectivity index (χ4v) is 2.92. The number of ether oxygens (including phenoxy) is 2. The van der Waals surface area contributed by atoms with Crippen LogP contribution in [0.2, 0.25) is 5.02 Å². The van der Waals surface area contributed by atoms with E-state index in [1.807, 2.05) is 48.5 Å². The number of rotatable bonds is 6. The van der Waals surface area contributed by atoms with Crippen LogP contribution in [-0.4, -0.2) is 38.8 Å². The maximum atomic E-state index is 12.0. The molecule has 2 aromatic carbocycles. The SMILES string of the molecule is CNC(=O)[C@H]1CN(CCCOc2ccc(Cl)cc2)c2ccccc2O1. The Bertz CT molecular complexity index is 721. The third-order valence-electron chi connectivity index (χ3n) is 4.05. The monoisotopic (exact) mass is 360 g/mol. The van der Waals surface area contributed by atoms with Crippen molar-refractivity contribution in [1.29, 1.82) is 0 Å². The molecule has 5 nitrogen and oxygen atoms in total. The van der Waals surface area contributed by atoms with E-state index in [1.165, 1.54) is 0 Å². The van der Waals surface area contributed by atoms with E-state index in [9.17, 15) is 4.79 Å². The second-order valence-electron chi connectivity index (χ2n) is 5.79. The van der Waals surface area contributed by atoms with E-state index in [2.05, 4.69) is 10.2 Å². The van der Waals surface area contributed by atoms with Gasteiger partial charge in [-0.1, -0.05) is 23.7 Å². The molecule has 0 spiro atoms. The van der Waals surface area contributed by atoms with Gasteiger partial charge in [0.15, 0.2) is 6.10 Å². The van der Waals surface area contributed by atoms with Gasteiger partial charge in [-0.2, -0.15) is 0 Å². The standard InChI is InChI=1S/C19H21ClN2O3/c1-21-19(23)18-13-22(16-5-2-3-6-17(16)25-18)11-4-12-24-15-9-7-14(20)8-10-15/h2-3,5-10,18H,4,11-13H2,1H3,(H,21,23)/t18-/m1/s1. The fourth-order valence-electron chi connectivity index (χ4n) is 2.79. The maximum absolute atomic E-state index is 12.0. The van der Waals surface area contributed by atoms with Crippen LogP contribution in [-0.2, 0) is 4.79 Å². The molecule has 132 valence electrons. The first-order valence-corrected chi connectivity index (χ1v) is 8.66. The number of carbonyl (C=O) groups excluding carboxylic acids is 1. The first-order chi connectivity index (χ1) is 12.2. The molecule has 1 N–H and O–H groups in total. The summed E-state index contributed by atoms with van der Waals surface area (Å²) >= 11 is 5.87. The van der Waals surface area contributed by atoms with Crippen LogP contribution in [0, 0.1) is 0 Å². The molecule has 0 bridgehead atoms. The average molecular weight is 361 g/mol. The van der Waals surface area contributed by atoms with Gasteiger partial charge in [0.2, 0.25) is 0 Å². The summed E-state index contributed by atoms with van der Waals surface area (Å²) in [7, 11) is 1.62. The molecule has 0 aromatic heterocycles. The van der Waals surface area contributed by atoms with E-state index >= 15 is 0 Å². The Balaban J connectivity index is 1.58. The van der Waals surface area contributed by atoms with E-state index in [-0.39, 0.29) is 5.91 Å². The Morgan fingerprint density at radius 2 is 2.04 bits per heavy atom. The highest BCUT2D eigenvalue weighted by Crippen LogP contribution is 2.33. The number of nitrogens with one attached hydrogen (secondary N) is 1. The predicted molar refractivity (Wildman–Crippen MR) is 98.7 cm³/mol. The predicted octanol–water partition coefficient (Wildman–Crippen LogP) is 3.12. The van der Waals surface area contributed by atoms with Gasteiger partial charge in [0.25, 0.3) is 5.91 Å². The summed E-state index contributed by atoms with van der Waals surface area (Å²) < 4.78 is 11.5. The van der Waals surface area contributed by atoms with Crippen LogP contribution in [0.1, 0.15) is 6.42 Å². The lowest BCUT2D eigenvalue weighted by atomic mass is 10.1. The molecule has 1 heterocycles. The molecule has 2 aromatic rings. The number of fused-ring (bicyclic) bond motifs is 1. The highest BCUT2D eigenvalue weighted by Gasteiger charge is 2.29. The minimum absolute atomic E-state index is 0.114. The number of para-hydroxylation sites is 2. The van der Waals surface area contributed by atoms with E-state index in [1.54, 1.807) is 7.05 Å². The maximum Gasteiger partial charge on any atom is 0.262 e. The molecule has 1 atom stereocenters. The Morgan fingerprint density at radius 1 is 1.28 bits per heavy atom. The molecule has 1 aliphatic rings. The molecule has 1 amide bonds. The minimum atomic E-state index is -0.503. The summed E-state index contributed by atoms with van der Waals surface area (Å²) in [5, 5.41) is 3.35. The number of nitrogens with zero attached hydrogens (tertiary/aromatic N) is 1. The van der Waals surface area contributed by atoms with E-state index in [4.69, 9.17) is 21.1 Å². The van der Waals surface area contributed by atoms with Crippen molar-refractivity contribution in [3.05, 3.63) is 53.6 Å². The third kappa shape index (κ3) is 4.37. The molecular weight excluding hydrogens is 340 g/mol. The molecule has 6 heteroatoms. The lowest BCUT2D eigenvalue weighted by Gasteiger charge is -2.35. The van der Waals surface area contributed by atoms with Crippen molar-refractivity contribution < 1.29 is 14.3 Å². The number of benzene rings is 2. The van der Waals surface area contributed by atoms with Gasteiger partial charge >= 0.3 is 0 Å². The molecule has 0 radical (unpaired) electrons. The van der Waals surface area contributed by atoms with Crippen LogP contribution in [0.3, 0.4) is 0 Å². The fraction of sp³-hybridized carbons (Fsp3) is 0.316. The first kappa shape index (κ1) is 17.4. The van der Waals surface area contributed by atoms with Gasteiger partial charge in [-0.15, -0.1) is 0 Å². The Labute approximate surface area is 152 Å². The molecule has 0 saturated heterocycles. The lowest BCUT2D eigenvalue weighted by molar-refractivity contribution is -0.127. The number of likely N-dealkylation sites (N-methyl/N-ethyl adjacent to an activating group) is 1. The van der Waals surface area contributed by atoms with Crippen LogP contribution >= 0.6 is 11.6 Å². The highest BCUT2D eigenvalue weighted by molar-refractivity contribution is 6.30. The van der Waals surface area contributed by atoms with Gasteiger partial charge in [-0.25, -0.2) is 0 Å². The molecule has 3 rings (SSSR count). The summed E-state index contributed by atoms with van der Waals surface area (Å²) in [6.07, 6.45) is 0.328. The van der Waals surface area contributed by atoms with Crippen molar-refractivity contribution in [1.82, 2.24) is 5.32 Å². The van der Waals surface area contributed by atoms with Crippen molar-refractivity contribution in [3.63, 3.8) is 0 Å². The second-order valence-corrected chi connectivity index (χ2v) is 6.23. The topological polar surface area (TPSA) is 50.8 Å². The van der Waals surface area contributed by atoms with E-state index < -0.39 is 6.10 Å². The van der Waals surface area contributed by atoms with E-state index in [0.29, 0.717) is 18.2 Å². The zero-order valence-corrected chi connectivity index (χ0v) is 14.8. The molecular formula is C19H21ClN2O3. The Morgan fingerprint density at radius 3 is 2.80 bits per heavy atom. The summed E-state index contributed by atoms with van der Waals surface area (Å²) in [6.45, 7) is 1.89. The van der Waals surface area contributed by atoms with Crippen molar-refractivity contribution in [3.8, 4) is 11.5 Å². The average Bonchev–Trinajstić information content (AvgIpc) is 2.65. The van der Waals surface area contributed by atoms with Crippen molar-refractivity contribution >= 4 is 23.2 Å². The molecule has 0 aliphatic carbocycles. The number of amides is 1. The van der Waals surface area contributed by atoms with Crippen LogP contribution in [0.25, 0.3) is 0 Å². The van der Waals surface area contributed by atoms with Gasteiger partial charge in [0.1, 0.15) is 11.5 Å². The highest BCUT2D eigenvalue weighted by atomic mass is 35.5. The van der Waals surface area contributed by atoms with Gasteiger partial charge in [-0.3, -0.25) is 4.79 Å². The number of halogens is 1. The molecule has 25 heavy (non-hydrogen) atoms. The van der Waals surface area contributed by atoms with Crippen molar-refractivity contribution in [2.24, 2.45) is 0 Å².